The molecule has 2 fully saturated rings. The fraction of sp³-hybridized carbons (Fsp3) is 0.450. The van der Waals surface area contributed by atoms with Crippen LogP contribution in [0, 0.1) is 24.2 Å². The van der Waals surface area contributed by atoms with Gasteiger partial charge in [0.05, 0.1) is 84.7 Å². The number of imide groups is 1. The number of halogens is 3. The second-order valence-corrected chi connectivity index (χ2v) is 21.8. The van der Waals surface area contributed by atoms with Crippen LogP contribution in [-0.2, 0) is 52.6 Å². The van der Waals surface area contributed by atoms with Gasteiger partial charge in [0.2, 0.25) is 11.8 Å². The number of unbranched alkanes of at least 4 members (excludes halogenated alkanes) is 1. The van der Waals surface area contributed by atoms with Crippen LogP contribution >= 0.6 is 11.3 Å². The highest BCUT2D eigenvalue weighted by molar-refractivity contribution is 7.13. The highest BCUT2D eigenvalue weighted by Gasteiger charge is 2.53. The summed E-state index contributed by atoms with van der Waals surface area (Å²) >= 11 is 1.51. The molecule has 2 N–H and O–H groups in total. The van der Waals surface area contributed by atoms with Gasteiger partial charge in [0.1, 0.15) is 42.3 Å². The number of urea groups is 1. The first-order valence-corrected chi connectivity index (χ1v) is 28.3. The van der Waals surface area contributed by atoms with Crippen molar-refractivity contribution in [2.75, 3.05) is 82.4 Å². The second kappa shape index (κ2) is 27.7. The minimum Gasteiger partial charge on any atom is -0.491 e. The molecule has 3 aliphatic heterocycles. The summed E-state index contributed by atoms with van der Waals surface area (Å²) in [7, 11) is 0. The Morgan fingerprint density at radius 3 is 2.11 bits per heavy atom. The fourth-order valence-corrected chi connectivity index (χ4v) is 11.0. The average molecular weight is 1170 g/mol. The maximum atomic E-state index is 14.2. The monoisotopic (exact) mass is 1170 g/mol. The van der Waals surface area contributed by atoms with Gasteiger partial charge in [0, 0.05) is 56.1 Å². The summed E-state index contributed by atoms with van der Waals surface area (Å²) < 4.78 is 75.9. The lowest BCUT2D eigenvalue weighted by Gasteiger charge is -2.35. The van der Waals surface area contributed by atoms with Gasteiger partial charge in [-0.3, -0.25) is 24.1 Å². The number of amides is 6. The Hall–Kier alpha value is -7.46. The Balaban J connectivity index is 0.687. The highest BCUT2D eigenvalue weighted by Crippen LogP contribution is 2.40. The number of alkyl halides is 3. The van der Waals surface area contributed by atoms with E-state index in [0.717, 1.165) is 46.7 Å². The molecule has 0 saturated carbocycles. The van der Waals surface area contributed by atoms with Crippen LogP contribution in [0.25, 0.3) is 10.4 Å². The number of aliphatic hydroxyl groups excluding tert-OH is 1. The number of hydrogen-bond donors (Lipinski definition) is 2. The number of fused-ring (bicyclic) bond motifs is 1. The quantitative estimate of drug-likeness (QED) is 0.0355. The van der Waals surface area contributed by atoms with Crippen molar-refractivity contribution in [3.8, 4) is 28.0 Å². The first-order chi connectivity index (χ1) is 39.8. The Morgan fingerprint density at radius 2 is 1.48 bits per heavy atom. The summed E-state index contributed by atoms with van der Waals surface area (Å²) in [6, 6.07) is 21.0. The predicted octanol–water partition coefficient (Wildman–Crippen LogP) is 8.32. The van der Waals surface area contributed by atoms with Crippen molar-refractivity contribution in [2.45, 2.75) is 96.9 Å². The largest absolute Gasteiger partial charge is 0.491 e. The number of thiazole rings is 1. The van der Waals surface area contributed by atoms with Crippen LogP contribution in [0.3, 0.4) is 0 Å². The van der Waals surface area contributed by atoms with Gasteiger partial charge < -0.3 is 48.6 Å². The summed E-state index contributed by atoms with van der Waals surface area (Å²) in [5.74, 6) is -0.977. The number of rotatable bonds is 28. The zero-order chi connectivity index (χ0) is 59.4. The molecule has 1 aromatic heterocycles. The molecule has 0 spiro atoms. The van der Waals surface area contributed by atoms with Crippen LogP contribution in [0.2, 0.25) is 0 Å². The molecule has 3 aliphatic rings. The number of hydrogen-bond acceptors (Lipinski definition) is 15. The van der Waals surface area contributed by atoms with E-state index >= 15 is 0 Å². The van der Waals surface area contributed by atoms with Crippen LogP contribution in [0.5, 0.6) is 11.5 Å². The Bertz CT molecular complexity index is 3150. The van der Waals surface area contributed by atoms with E-state index in [9.17, 15) is 42.3 Å². The van der Waals surface area contributed by atoms with Gasteiger partial charge in [-0.25, -0.2) is 14.7 Å². The molecular formula is C60H68F3N7O12S. The van der Waals surface area contributed by atoms with Crippen molar-refractivity contribution in [3.05, 3.63) is 124 Å². The van der Waals surface area contributed by atoms with Crippen molar-refractivity contribution >= 4 is 52.4 Å². The fourth-order valence-electron chi connectivity index (χ4n) is 10.2. The Kier molecular flexibility index (Phi) is 20.6. The van der Waals surface area contributed by atoms with Crippen LogP contribution < -0.4 is 24.6 Å². The number of β-amino-alcohol motifs (C(OH)–C–C–N with tert-alkyl or cyclic N) is 1. The molecule has 3 atom stereocenters. The third-order valence-corrected chi connectivity index (χ3v) is 15.4. The lowest BCUT2D eigenvalue weighted by atomic mass is 10.0. The van der Waals surface area contributed by atoms with Crippen molar-refractivity contribution in [2.24, 2.45) is 5.92 Å². The van der Waals surface area contributed by atoms with Gasteiger partial charge >= 0.3 is 12.2 Å². The molecule has 8 rings (SSSR count). The minimum absolute atomic E-state index is 0.0197. The molecule has 442 valence electrons. The first kappa shape index (κ1) is 61.6. The van der Waals surface area contributed by atoms with E-state index in [1.165, 1.54) is 41.1 Å². The zero-order valence-corrected chi connectivity index (χ0v) is 47.8. The molecule has 6 amide bonds. The van der Waals surface area contributed by atoms with Gasteiger partial charge in [-0.1, -0.05) is 44.2 Å². The number of likely N-dealkylation sites (tertiary alicyclic amines) is 1. The number of anilines is 2. The number of aromatic nitrogens is 1. The van der Waals surface area contributed by atoms with E-state index in [1.807, 2.05) is 51.1 Å². The molecular weight excluding hydrogens is 1100 g/mol. The SMILES string of the molecule is Cc1ncsc1-c1ccc(CNC(=O)[C@@H]2C[C@@H](O)CN2C(=O)[C@H](C(C)C)N2Cc3ccccc3C2=O)c(OCCOCCOCCCCOCCOCCOc2ccc(N3C(=O)N(c4ccc(C#N)c(C(F)(F)F)c4)C(=O)C3(C)C)cc2)c1. The van der Waals surface area contributed by atoms with E-state index in [4.69, 9.17) is 33.7 Å². The van der Waals surface area contributed by atoms with Crippen molar-refractivity contribution in [3.63, 3.8) is 0 Å². The van der Waals surface area contributed by atoms with Crippen LogP contribution in [0.1, 0.15) is 85.3 Å². The number of nitriles is 1. The summed E-state index contributed by atoms with van der Waals surface area (Å²) in [6.45, 7) is 12.6. The molecule has 4 aromatic carbocycles. The van der Waals surface area contributed by atoms with E-state index in [0.29, 0.717) is 85.5 Å². The molecule has 0 bridgehead atoms. The van der Waals surface area contributed by atoms with Crippen LogP contribution in [-0.4, -0.2) is 146 Å². The van der Waals surface area contributed by atoms with Gasteiger partial charge in [-0.05, 0) is 105 Å². The molecule has 0 radical (unpaired) electrons. The number of aliphatic hydroxyl groups is 1. The third kappa shape index (κ3) is 14.7. The van der Waals surface area contributed by atoms with E-state index in [-0.39, 0.29) is 69.4 Å². The molecule has 19 nitrogen and oxygen atoms in total. The van der Waals surface area contributed by atoms with Crippen LogP contribution in [0.15, 0.2) is 90.4 Å². The second-order valence-electron chi connectivity index (χ2n) is 21.0. The molecule has 0 unspecified atom stereocenters. The number of aryl methyl sites for hydroxylation is 1. The normalized spacial score (nSPS) is 17.1. The summed E-state index contributed by atoms with van der Waals surface area (Å²) in [5.41, 5.74) is 2.41. The van der Waals surface area contributed by atoms with Crippen LogP contribution in [0.4, 0.5) is 29.3 Å². The molecule has 2 saturated heterocycles. The number of carbonyl (C=O) groups excluding carboxylic acids is 5. The zero-order valence-electron chi connectivity index (χ0n) is 46.9. The van der Waals surface area contributed by atoms with E-state index in [1.54, 1.807) is 46.8 Å². The van der Waals surface area contributed by atoms with E-state index in [2.05, 4.69) is 10.3 Å². The topological polar surface area (TPSA) is 223 Å². The first-order valence-electron chi connectivity index (χ1n) is 27.4. The Labute approximate surface area is 483 Å². The maximum Gasteiger partial charge on any atom is 0.417 e. The lowest BCUT2D eigenvalue weighted by molar-refractivity contribution is -0.143. The lowest BCUT2D eigenvalue weighted by Crippen LogP contribution is -2.55. The summed E-state index contributed by atoms with van der Waals surface area (Å²) in [6.07, 6.45) is -4.13. The number of nitrogens with one attached hydrogen (secondary N) is 1. The summed E-state index contributed by atoms with van der Waals surface area (Å²) in [5, 5.41) is 22.9. The third-order valence-electron chi connectivity index (χ3n) is 14.5. The number of benzene rings is 4. The van der Waals surface area contributed by atoms with Crippen molar-refractivity contribution < 1.29 is 70.7 Å². The predicted molar refractivity (Wildman–Crippen MR) is 301 cm³/mol. The van der Waals surface area contributed by atoms with E-state index < -0.39 is 58.9 Å². The highest BCUT2D eigenvalue weighted by atomic mass is 32.1. The average Bonchev–Trinajstić information content (AvgIpc) is 3.20. The van der Waals surface area contributed by atoms with Gasteiger partial charge in [-0.2, -0.15) is 18.4 Å². The minimum atomic E-state index is -4.87. The van der Waals surface area contributed by atoms with Crippen molar-refractivity contribution in [1.82, 2.24) is 20.1 Å². The summed E-state index contributed by atoms with van der Waals surface area (Å²) in [4.78, 5) is 78.8. The van der Waals surface area contributed by atoms with Gasteiger partial charge in [0.25, 0.3) is 11.8 Å². The Morgan fingerprint density at radius 1 is 0.843 bits per heavy atom. The standard InChI is InChI=1S/C60H68F3N7O12S/c1-38(2)52(68-35-43-10-6-7-11-48(43)55(68)73)56(74)67-36-46(71)32-50(67)54(72)65-34-42-13-12-40(53-39(3)66-37-83-53)30-51(42)82-29-27-80-25-23-78-21-9-8-20-77-22-24-79-26-28-81-47-18-16-44(17-19-47)70-58(76)69(57(75)59(70,4)5)45-15-14-41(33-64)49(31-45)60(61,62)63/h6-7,10-19,30-31,37-38,46,50,52,71H,8-9,20-29,32,34-36H2,1-5H3,(H,65,72)/t46-,50+,52+/m1/s1. The smallest absolute Gasteiger partial charge is 0.417 e. The molecule has 0 aliphatic carbocycles. The molecule has 83 heavy (non-hydrogen) atoms. The molecule has 23 heteroatoms. The van der Waals surface area contributed by atoms with Gasteiger partial charge in [0.15, 0.2) is 0 Å². The maximum absolute atomic E-state index is 14.2. The number of nitrogens with zero attached hydrogens (tertiary/aromatic N) is 6. The molecule has 5 aromatic rings. The number of carbonyl (C=O) groups is 5. The van der Waals surface area contributed by atoms with Crippen molar-refractivity contribution in [1.29, 1.82) is 5.26 Å². The molecule has 4 heterocycles. The van der Waals surface area contributed by atoms with Gasteiger partial charge in [-0.15, -0.1) is 11.3 Å². The number of ether oxygens (including phenoxy) is 6.